The summed E-state index contributed by atoms with van der Waals surface area (Å²) in [6.07, 6.45) is 0. The summed E-state index contributed by atoms with van der Waals surface area (Å²) in [6.45, 7) is 11.7. The molecular formula is C17H23N3O. The van der Waals surface area contributed by atoms with Crippen LogP contribution in [0.5, 0.6) is 0 Å². The fourth-order valence-electron chi connectivity index (χ4n) is 2.73. The Morgan fingerprint density at radius 2 is 1.57 bits per heavy atom. The van der Waals surface area contributed by atoms with Crippen LogP contribution in [0.3, 0.4) is 0 Å². The zero-order valence-electron chi connectivity index (χ0n) is 13.6. The maximum Gasteiger partial charge on any atom is 0.205 e. The van der Waals surface area contributed by atoms with Gasteiger partial charge >= 0.3 is 0 Å². The van der Waals surface area contributed by atoms with Gasteiger partial charge < -0.3 is 5.73 Å². The molecule has 4 heteroatoms. The van der Waals surface area contributed by atoms with E-state index in [4.69, 9.17) is 5.73 Å². The molecule has 1 aromatic carbocycles. The van der Waals surface area contributed by atoms with Crippen molar-refractivity contribution in [2.24, 2.45) is 5.73 Å². The lowest BCUT2D eigenvalue weighted by Gasteiger charge is -2.21. The molecule has 0 aliphatic rings. The lowest BCUT2D eigenvalue weighted by Crippen LogP contribution is -2.37. The first kappa shape index (κ1) is 15.4. The minimum absolute atomic E-state index is 0.112. The highest BCUT2D eigenvalue weighted by atomic mass is 16.1. The first-order valence-electron chi connectivity index (χ1n) is 7.10. The summed E-state index contributed by atoms with van der Waals surface area (Å²) in [5, 5.41) is 4.54. The number of rotatable bonds is 2. The van der Waals surface area contributed by atoms with Crippen molar-refractivity contribution >= 4 is 0 Å². The average Bonchev–Trinajstić information content (AvgIpc) is 2.28. The minimum atomic E-state index is -0.765. The third-order valence-corrected chi connectivity index (χ3v) is 3.56. The van der Waals surface area contributed by atoms with Gasteiger partial charge in [0.15, 0.2) is 0 Å². The predicted octanol–water partition coefficient (Wildman–Crippen LogP) is 2.66. The highest BCUT2D eigenvalue weighted by molar-refractivity contribution is 5.49. The molecule has 0 aliphatic heterocycles. The van der Waals surface area contributed by atoms with Crippen molar-refractivity contribution in [3.05, 3.63) is 56.5 Å². The van der Waals surface area contributed by atoms with Crippen LogP contribution in [-0.2, 0) is 5.54 Å². The van der Waals surface area contributed by atoms with E-state index in [-0.39, 0.29) is 5.43 Å². The second kappa shape index (κ2) is 5.11. The average molecular weight is 285 g/mol. The smallest absolute Gasteiger partial charge is 0.205 e. The lowest BCUT2D eigenvalue weighted by molar-refractivity contribution is 0.510. The molecule has 4 nitrogen and oxygen atoms in total. The molecule has 0 fully saturated rings. The van der Waals surface area contributed by atoms with Gasteiger partial charge in [0, 0.05) is 11.8 Å². The molecule has 2 rings (SSSR count). The fraction of sp³-hybridized carbons (Fsp3) is 0.412. The SMILES string of the molecule is Cc1cc(C)c(-n2nc(C(C)(C)N)c(=O)cc2C)c(C)c1. The summed E-state index contributed by atoms with van der Waals surface area (Å²) in [5.74, 6) is 0. The third-order valence-electron chi connectivity index (χ3n) is 3.56. The number of hydrogen-bond acceptors (Lipinski definition) is 3. The zero-order chi connectivity index (χ0) is 15.9. The standard InChI is InChI=1S/C17H23N3O/c1-10-7-11(2)15(12(3)8-10)20-13(4)9-14(21)16(19-20)17(5,6)18/h7-9H,18H2,1-6H3. The second-order valence-electron chi connectivity index (χ2n) is 6.38. The Morgan fingerprint density at radius 3 is 2.05 bits per heavy atom. The zero-order valence-corrected chi connectivity index (χ0v) is 13.6. The molecular weight excluding hydrogens is 262 g/mol. The van der Waals surface area contributed by atoms with E-state index in [1.54, 1.807) is 19.9 Å². The van der Waals surface area contributed by atoms with E-state index in [9.17, 15) is 4.79 Å². The Kier molecular flexibility index (Phi) is 3.76. The maximum absolute atomic E-state index is 12.1. The lowest BCUT2D eigenvalue weighted by atomic mass is 10.0. The van der Waals surface area contributed by atoms with E-state index in [1.165, 1.54) is 5.56 Å². The van der Waals surface area contributed by atoms with Gasteiger partial charge in [-0.05, 0) is 52.7 Å². The summed E-state index contributed by atoms with van der Waals surface area (Å²) in [7, 11) is 0. The van der Waals surface area contributed by atoms with E-state index in [0.717, 1.165) is 22.5 Å². The molecule has 0 saturated heterocycles. The van der Waals surface area contributed by atoms with Crippen LogP contribution in [0.1, 0.15) is 41.9 Å². The van der Waals surface area contributed by atoms with Crippen molar-refractivity contribution in [2.45, 2.75) is 47.1 Å². The second-order valence-corrected chi connectivity index (χ2v) is 6.38. The summed E-state index contributed by atoms with van der Waals surface area (Å²) < 4.78 is 1.83. The highest BCUT2D eigenvalue weighted by Gasteiger charge is 2.22. The monoisotopic (exact) mass is 285 g/mol. The van der Waals surface area contributed by atoms with Crippen molar-refractivity contribution in [1.29, 1.82) is 0 Å². The van der Waals surface area contributed by atoms with Gasteiger partial charge in [-0.15, -0.1) is 0 Å². The van der Waals surface area contributed by atoms with Crippen LogP contribution in [0.4, 0.5) is 0 Å². The highest BCUT2D eigenvalue weighted by Crippen LogP contribution is 2.22. The van der Waals surface area contributed by atoms with Gasteiger partial charge in [-0.2, -0.15) is 5.10 Å². The molecule has 2 N–H and O–H groups in total. The van der Waals surface area contributed by atoms with Gasteiger partial charge in [0.2, 0.25) is 5.43 Å². The molecule has 1 aromatic heterocycles. The van der Waals surface area contributed by atoms with Gasteiger partial charge in [0.05, 0.1) is 11.2 Å². The molecule has 0 saturated carbocycles. The van der Waals surface area contributed by atoms with E-state index in [1.807, 2.05) is 11.6 Å². The van der Waals surface area contributed by atoms with E-state index in [2.05, 4.69) is 38.0 Å². The first-order valence-corrected chi connectivity index (χ1v) is 7.10. The van der Waals surface area contributed by atoms with Gasteiger partial charge in [-0.1, -0.05) is 17.7 Å². The number of nitrogens with two attached hydrogens (primary N) is 1. The molecule has 0 amide bonds. The summed E-state index contributed by atoms with van der Waals surface area (Å²) in [6, 6.07) is 5.85. The van der Waals surface area contributed by atoms with E-state index in [0.29, 0.717) is 5.69 Å². The van der Waals surface area contributed by atoms with Crippen LogP contribution in [0.15, 0.2) is 23.0 Å². The van der Waals surface area contributed by atoms with Crippen LogP contribution in [-0.4, -0.2) is 9.78 Å². The first-order chi connectivity index (χ1) is 9.61. The number of benzene rings is 1. The van der Waals surface area contributed by atoms with Gasteiger partial charge in [-0.25, -0.2) is 4.68 Å². The van der Waals surface area contributed by atoms with Crippen LogP contribution in [0.2, 0.25) is 0 Å². The molecule has 1 heterocycles. The van der Waals surface area contributed by atoms with Crippen LogP contribution < -0.4 is 11.2 Å². The number of nitrogens with zero attached hydrogens (tertiary/aromatic N) is 2. The Bertz CT molecular complexity index is 729. The number of hydrogen-bond donors (Lipinski definition) is 1. The van der Waals surface area contributed by atoms with Gasteiger partial charge in [0.25, 0.3) is 0 Å². The molecule has 21 heavy (non-hydrogen) atoms. The molecule has 0 atom stereocenters. The molecule has 0 bridgehead atoms. The normalized spacial score (nSPS) is 11.8. The molecule has 0 spiro atoms. The molecule has 112 valence electrons. The number of aromatic nitrogens is 2. The van der Waals surface area contributed by atoms with Crippen molar-refractivity contribution in [3.63, 3.8) is 0 Å². The number of aryl methyl sites for hydroxylation is 4. The Balaban J connectivity index is 2.80. The minimum Gasteiger partial charge on any atom is -0.320 e. The fourth-order valence-corrected chi connectivity index (χ4v) is 2.73. The Labute approximate surface area is 125 Å². The van der Waals surface area contributed by atoms with Crippen LogP contribution >= 0.6 is 0 Å². The van der Waals surface area contributed by atoms with Crippen molar-refractivity contribution < 1.29 is 0 Å². The quantitative estimate of drug-likeness (QED) is 0.922. The molecule has 0 radical (unpaired) electrons. The summed E-state index contributed by atoms with van der Waals surface area (Å²) in [4.78, 5) is 12.1. The summed E-state index contributed by atoms with van der Waals surface area (Å²) >= 11 is 0. The molecule has 0 aliphatic carbocycles. The Morgan fingerprint density at radius 1 is 1.05 bits per heavy atom. The summed E-state index contributed by atoms with van der Waals surface area (Å²) in [5.41, 5.74) is 10.9. The van der Waals surface area contributed by atoms with Crippen LogP contribution in [0.25, 0.3) is 5.69 Å². The van der Waals surface area contributed by atoms with E-state index >= 15 is 0 Å². The predicted molar refractivity (Wildman–Crippen MR) is 86.0 cm³/mol. The molecule has 0 unspecified atom stereocenters. The third kappa shape index (κ3) is 2.90. The van der Waals surface area contributed by atoms with Crippen LogP contribution in [0, 0.1) is 27.7 Å². The van der Waals surface area contributed by atoms with Gasteiger partial charge in [0.1, 0.15) is 5.69 Å². The van der Waals surface area contributed by atoms with Crippen molar-refractivity contribution in [2.75, 3.05) is 0 Å². The van der Waals surface area contributed by atoms with Crippen molar-refractivity contribution in [3.8, 4) is 5.69 Å². The van der Waals surface area contributed by atoms with Crippen molar-refractivity contribution in [1.82, 2.24) is 9.78 Å². The Hall–Kier alpha value is -1.94. The topological polar surface area (TPSA) is 60.9 Å². The molecule has 2 aromatic rings. The van der Waals surface area contributed by atoms with Gasteiger partial charge in [-0.3, -0.25) is 4.79 Å². The maximum atomic E-state index is 12.1. The van der Waals surface area contributed by atoms with E-state index < -0.39 is 5.54 Å². The largest absolute Gasteiger partial charge is 0.320 e.